The van der Waals surface area contributed by atoms with Crippen molar-refractivity contribution in [2.24, 2.45) is 52.3 Å². The zero-order valence-electron chi connectivity index (χ0n) is 37.1. The Hall–Kier alpha value is -2.73. The molecule has 1 unspecified atom stereocenters. The summed E-state index contributed by atoms with van der Waals surface area (Å²) in [6.45, 7) is 9.30. The predicted octanol–water partition coefficient (Wildman–Crippen LogP) is 3.96. The number of methoxy groups -OCH3 is 1. The first-order valence-corrected chi connectivity index (χ1v) is 22.9. The Labute approximate surface area is 365 Å². The molecule has 0 spiro atoms. The predicted molar refractivity (Wildman–Crippen MR) is 221 cm³/mol. The van der Waals surface area contributed by atoms with Crippen molar-refractivity contribution in [1.82, 2.24) is 0 Å². The molecule has 62 heavy (non-hydrogen) atoms. The summed E-state index contributed by atoms with van der Waals surface area (Å²) in [5.41, 5.74) is -0.0692. The van der Waals surface area contributed by atoms with Crippen LogP contribution < -0.4 is 4.74 Å². The van der Waals surface area contributed by atoms with Crippen LogP contribution in [0.4, 0.5) is 0 Å². The van der Waals surface area contributed by atoms with Gasteiger partial charge in [-0.15, -0.1) is 0 Å². The van der Waals surface area contributed by atoms with Crippen molar-refractivity contribution in [3.05, 3.63) is 29.8 Å². The molecule has 6 aliphatic rings. The van der Waals surface area contributed by atoms with Crippen LogP contribution in [0.25, 0.3) is 0 Å². The summed E-state index contributed by atoms with van der Waals surface area (Å²) in [5, 5.41) is 53.5. The standard InChI is InChI=1S/C47H70O15/c1-24(21-48)7-14-34(51)25(2)33-20-37(38-31-13-10-28-19-29(50)15-17-46(28,4)32(31)16-18-47(33,38)5)60-45-42(59-26(3)49)40(36(53)23-58-45)62-44-41(39(54)35(52)22-57-44)61-43(55)27-8-11-30(56-6)12-9-27/h8-9,11-12,24-25,28-29,31-33,35-42,44-45,48,50,52-54H,7,10,13-23H2,1-6H3/t24-,25+,28+,29+,31-,32+,33?,35-,36+,37-,38-,39+,40+,41-,42-,44+,45+,46+,47-/m1/s1. The molecule has 0 aromatic heterocycles. The van der Waals surface area contributed by atoms with Crippen LogP contribution in [0.3, 0.4) is 0 Å². The second kappa shape index (κ2) is 19.4. The van der Waals surface area contributed by atoms with Crippen LogP contribution in [0.5, 0.6) is 5.75 Å². The molecule has 2 aliphatic heterocycles. The molecule has 15 nitrogen and oxygen atoms in total. The van der Waals surface area contributed by atoms with Gasteiger partial charge in [-0.05, 0) is 128 Å². The highest BCUT2D eigenvalue weighted by atomic mass is 16.7. The largest absolute Gasteiger partial charge is 0.497 e. The Morgan fingerprint density at radius 3 is 2.18 bits per heavy atom. The fraction of sp³-hybridized carbons (Fsp3) is 0.809. The minimum absolute atomic E-state index is 0.0184. The molecule has 7 rings (SSSR count). The number of ketones is 1. The van der Waals surface area contributed by atoms with Crippen molar-refractivity contribution in [1.29, 1.82) is 0 Å². The van der Waals surface area contributed by atoms with Gasteiger partial charge in [0.25, 0.3) is 0 Å². The molecule has 2 heterocycles. The number of carbonyl (C=O) groups excluding carboxylic acids is 3. The van der Waals surface area contributed by atoms with E-state index in [1.165, 1.54) is 26.2 Å². The summed E-state index contributed by atoms with van der Waals surface area (Å²) < 4.78 is 42.2. The van der Waals surface area contributed by atoms with E-state index >= 15 is 0 Å². The number of benzene rings is 1. The number of fused-ring (bicyclic) bond motifs is 5. The first kappa shape index (κ1) is 47.2. The summed E-state index contributed by atoms with van der Waals surface area (Å²) >= 11 is 0. The lowest BCUT2D eigenvalue weighted by Gasteiger charge is -2.61. The molecular weight excluding hydrogens is 805 g/mol. The van der Waals surface area contributed by atoms with Gasteiger partial charge >= 0.3 is 11.9 Å². The first-order valence-electron chi connectivity index (χ1n) is 22.9. The number of hydrogen-bond acceptors (Lipinski definition) is 15. The highest BCUT2D eigenvalue weighted by Gasteiger charge is 2.65. The Morgan fingerprint density at radius 1 is 0.823 bits per heavy atom. The average molecular weight is 875 g/mol. The lowest BCUT2D eigenvalue weighted by Crippen LogP contribution is -2.62. The van der Waals surface area contributed by atoms with Gasteiger partial charge in [0.1, 0.15) is 35.9 Å². The van der Waals surface area contributed by atoms with Gasteiger partial charge in [0, 0.05) is 25.9 Å². The van der Waals surface area contributed by atoms with Gasteiger partial charge < -0.3 is 58.7 Å². The molecule has 4 saturated carbocycles. The third-order valence-electron chi connectivity index (χ3n) is 16.3. The van der Waals surface area contributed by atoms with E-state index in [1.54, 1.807) is 12.1 Å². The SMILES string of the molecule is COc1ccc(C(=O)O[C@H]2[C@H](O[C@@H]3[C@@H](OC(C)=O)[C@H](O[C@@H]4CC([C@H](C)C(=O)CC[C@@H](C)CO)[C@@]5(C)CC[C@H]6[C@@H](CC[C@H]7C[C@@H](O)CC[C@@]76C)[C@H]45)OC[C@@H]3O)OC[C@@H](O)[C@@H]2O)cc1. The summed E-state index contributed by atoms with van der Waals surface area (Å²) in [7, 11) is 1.49. The van der Waals surface area contributed by atoms with Crippen molar-refractivity contribution in [2.45, 2.75) is 160 Å². The summed E-state index contributed by atoms with van der Waals surface area (Å²) in [5.74, 6) is 0.00569. The molecule has 1 aromatic rings. The Balaban J connectivity index is 1.16. The molecule has 0 radical (unpaired) electrons. The van der Waals surface area contributed by atoms with Crippen LogP contribution in [-0.4, -0.2) is 132 Å². The van der Waals surface area contributed by atoms with E-state index in [2.05, 4.69) is 13.8 Å². The van der Waals surface area contributed by atoms with Crippen molar-refractivity contribution < 1.29 is 73.1 Å². The van der Waals surface area contributed by atoms with Crippen LogP contribution in [0, 0.1) is 52.3 Å². The van der Waals surface area contributed by atoms with Crippen LogP contribution in [0.1, 0.15) is 109 Å². The Bertz CT molecular complexity index is 1710. The molecule has 0 bridgehead atoms. The lowest BCUT2D eigenvalue weighted by atomic mass is 9.44. The highest BCUT2D eigenvalue weighted by molar-refractivity contribution is 5.89. The maximum absolute atomic E-state index is 13.9. The minimum atomic E-state index is -1.62. The minimum Gasteiger partial charge on any atom is -0.497 e. The van der Waals surface area contributed by atoms with E-state index in [4.69, 9.17) is 33.2 Å². The quantitative estimate of drug-likeness (QED) is 0.167. The zero-order chi connectivity index (χ0) is 44.7. The molecule has 0 amide bonds. The normalized spacial score (nSPS) is 42.7. The zero-order valence-corrected chi connectivity index (χ0v) is 37.1. The molecule has 1 aromatic carbocycles. The van der Waals surface area contributed by atoms with Gasteiger partial charge in [0.15, 0.2) is 24.8 Å². The number of hydrogen-bond donors (Lipinski definition) is 5. The summed E-state index contributed by atoms with van der Waals surface area (Å²) in [4.78, 5) is 40.1. The first-order chi connectivity index (χ1) is 29.5. The summed E-state index contributed by atoms with van der Waals surface area (Å²) in [6, 6.07) is 6.11. The number of ether oxygens (including phenoxy) is 7. The Kier molecular flexibility index (Phi) is 14.8. The van der Waals surface area contributed by atoms with Crippen LogP contribution in [0.15, 0.2) is 24.3 Å². The molecule has 19 atom stereocenters. The van der Waals surface area contributed by atoms with Crippen LogP contribution in [0.2, 0.25) is 0 Å². The molecule has 2 saturated heterocycles. The van der Waals surface area contributed by atoms with Crippen LogP contribution in [-0.2, 0) is 38.0 Å². The maximum Gasteiger partial charge on any atom is 0.338 e. The third-order valence-corrected chi connectivity index (χ3v) is 16.3. The smallest absolute Gasteiger partial charge is 0.338 e. The van der Waals surface area contributed by atoms with E-state index < -0.39 is 67.2 Å². The third kappa shape index (κ3) is 9.35. The van der Waals surface area contributed by atoms with E-state index in [-0.39, 0.29) is 77.7 Å². The van der Waals surface area contributed by atoms with Gasteiger partial charge in [0.05, 0.1) is 38.1 Å². The van der Waals surface area contributed by atoms with Crippen molar-refractivity contribution >= 4 is 17.7 Å². The van der Waals surface area contributed by atoms with Gasteiger partial charge in [0.2, 0.25) is 0 Å². The fourth-order valence-corrected chi connectivity index (χ4v) is 12.8. The molecule has 4 aliphatic carbocycles. The number of aliphatic hydroxyl groups is 5. The molecule has 15 heteroatoms. The topological polar surface area (TPSA) is 217 Å². The number of rotatable bonds is 14. The van der Waals surface area contributed by atoms with Crippen molar-refractivity contribution in [3.8, 4) is 5.75 Å². The monoisotopic (exact) mass is 874 g/mol. The highest BCUT2D eigenvalue weighted by Crippen LogP contribution is 2.69. The second-order valence-electron chi connectivity index (χ2n) is 19.9. The van der Waals surface area contributed by atoms with E-state index in [1.807, 2.05) is 13.8 Å². The molecule has 5 N–H and O–H groups in total. The molecular formula is C47H70O15. The summed E-state index contributed by atoms with van der Waals surface area (Å²) in [6.07, 6.45) is -4.06. The van der Waals surface area contributed by atoms with Gasteiger partial charge in [-0.25, -0.2) is 4.79 Å². The molecule has 6 fully saturated rings. The number of aliphatic hydroxyl groups excluding tert-OH is 5. The van der Waals surface area contributed by atoms with Crippen molar-refractivity contribution in [3.63, 3.8) is 0 Å². The number of esters is 2. The van der Waals surface area contributed by atoms with Gasteiger partial charge in [-0.1, -0.05) is 27.7 Å². The number of carbonyl (C=O) groups is 3. The number of Topliss-reactive ketones (excluding diaryl/α,β-unsaturated/α-hetero) is 1. The van der Waals surface area contributed by atoms with E-state index in [0.29, 0.717) is 36.8 Å². The van der Waals surface area contributed by atoms with E-state index in [0.717, 1.165) is 44.9 Å². The van der Waals surface area contributed by atoms with Crippen LogP contribution >= 0.6 is 0 Å². The van der Waals surface area contributed by atoms with Gasteiger partial charge in [-0.3, -0.25) is 9.59 Å². The van der Waals surface area contributed by atoms with E-state index in [9.17, 15) is 39.9 Å². The molecule has 348 valence electrons. The van der Waals surface area contributed by atoms with Gasteiger partial charge in [-0.2, -0.15) is 0 Å². The Morgan fingerprint density at radius 2 is 1.50 bits per heavy atom. The lowest BCUT2D eigenvalue weighted by molar-refractivity contribution is -0.341. The second-order valence-corrected chi connectivity index (χ2v) is 19.9. The fourth-order valence-electron chi connectivity index (χ4n) is 12.8. The maximum atomic E-state index is 13.9. The van der Waals surface area contributed by atoms with Crippen molar-refractivity contribution in [2.75, 3.05) is 26.9 Å². The average Bonchev–Trinajstić information content (AvgIpc) is 3.55.